The van der Waals surface area contributed by atoms with E-state index >= 15 is 0 Å². The monoisotopic (exact) mass is 201 g/mol. The fourth-order valence-electron chi connectivity index (χ4n) is 2.23. The van der Waals surface area contributed by atoms with Gasteiger partial charge in [-0.1, -0.05) is 24.3 Å². The lowest BCUT2D eigenvalue weighted by Gasteiger charge is -2.28. The summed E-state index contributed by atoms with van der Waals surface area (Å²) in [7, 11) is 0. The number of nitrogens with zero attached hydrogens (tertiary/aromatic N) is 1. The molecule has 0 bridgehead atoms. The summed E-state index contributed by atoms with van der Waals surface area (Å²) in [6.45, 7) is 1.80. The minimum absolute atomic E-state index is 0.306. The first-order chi connectivity index (χ1) is 7.33. The molecule has 2 heteroatoms. The van der Waals surface area contributed by atoms with Crippen LogP contribution in [0.3, 0.4) is 0 Å². The van der Waals surface area contributed by atoms with Gasteiger partial charge in [0.1, 0.15) is 0 Å². The Labute approximate surface area is 89.9 Å². The lowest BCUT2D eigenvalue weighted by atomic mass is 9.99. The molecule has 2 nitrogen and oxygen atoms in total. The van der Waals surface area contributed by atoms with Gasteiger partial charge in [-0.3, -0.25) is 4.79 Å². The van der Waals surface area contributed by atoms with Gasteiger partial charge >= 0.3 is 0 Å². The van der Waals surface area contributed by atoms with E-state index in [1.807, 2.05) is 11.0 Å². The number of benzene rings is 1. The summed E-state index contributed by atoms with van der Waals surface area (Å²) < 4.78 is 0. The van der Waals surface area contributed by atoms with Crippen LogP contribution in [0, 0.1) is 5.92 Å². The fraction of sp³-hybridized carbons (Fsp3) is 0.462. The maximum Gasteiger partial charge on any atom is 0.227 e. The summed E-state index contributed by atoms with van der Waals surface area (Å²) in [6.07, 6.45) is 3.22. The van der Waals surface area contributed by atoms with Crippen LogP contribution in [0.25, 0.3) is 0 Å². The molecule has 2 aliphatic rings. The van der Waals surface area contributed by atoms with E-state index in [4.69, 9.17) is 0 Å². The number of fused-ring (bicyclic) bond motifs is 1. The Morgan fingerprint density at radius 3 is 2.67 bits per heavy atom. The van der Waals surface area contributed by atoms with Gasteiger partial charge in [0.25, 0.3) is 0 Å². The van der Waals surface area contributed by atoms with E-state index in [2.05, 4.69) is 18.2 Å². The van der Waals surface area contributed by atoms with Crippen LogP contribution in [-0.4, -0.2) is 17.4 Å². The molecule has 1 fully saturated rings. The molecule has 1 heterocycles. The Morgan fingerprint density at radius 2 is 1.93 bits per heavy atom. The van der Waals surface area contributed by atoms with Crippen LogP contribution in [0.1, 0.15) is 24.0 Å². The molecule has 0 aromatic heterocycles. The molecule has 0 saturated heterocycles. The fourth-order valence-corrected chi connectivity index (χ4v) is 2.23. The highest BCUT2D eigenvalue weighted by Crippen LogP contribution is 2.31. The van der Waals surface area contributed by atoms with Gasteiger partial charge in [-0.2, -0.15) is 0 Å². The van der Waals surface area contributed by atoms with Crippen LogP contribution >= 0.6 is 0 Å². The van der Waals surface area contributed by atoms with E-state index in [0.717, 1.165) is 19.0 Å². The van der Waals surface area contributed by atoms with Crippen molar-refractivity contribution in [2.45, 2.75) is 25.8 Å². The lowest BCUT2D eigenvalue weighted by molar-refractivity contribution is -0.132. The highest BCUT2D eigenvalue weighted by atomic mass is 16.2. The molecular weight excluding hydrogens is 186 g/mol. The van der Waals surface area contributed by atoms with Crippen molar-refractivity contribution in [2.24, 2.45) is 5.92 Å². The number of carbonyl (C=O) groups is 1. The topological polar surface area (TPSA) is 20.3 Å². The highest BCUT2D eigenvalue weighted by Gasteiger charge is 2.29. The highest BCUT2D eigenvalue weighted by molar-refractivity contribution is 5.80. The van der Waals surface area contributed by atoms with Crippen molar-refractivity contribution in [1.29, 1.82) is 0 Å². The third kappa shape index (κ3) is 1.76. The van der Waals surface area contributed by atoms with Gasteiger partial charge < -0.3 is 4.90 Å². The molecule has 3 rings (SSSR count). The van der Waals surface area contributed by atoms with E-state index < -0.39 is 0 Å². The molecule has 0 N–H and O–H groups in total. The van der Waals surface area contributed by atoms with E-state index in [1.165, 1.54) is 24.0 Å². The smallest absolute Gasteiger partial charge is 0.227 e. The summed E-state index contributed by atoms with van der Waals surface area (Å²) in [4.78, 5) is 13.9. The van der Waals surface area contributed by atoms with Gasteiger partial charge in [0.2, 0.25) is 5.91 Å². The zero-order valence-electron chi connectivity index (χ0n) is 8.78. The molecule has 15 heavy (non-hydrogen) atoms. The Balaban J connectivity index is 1.81. The standard InChI is InChI=1S/C13H15NO/c15-13-7-11-3-1-2-4-12(11)9-14(13)8-10-5-6-10/h1-4,10H,5-9H2. The predicted octanol–water partition coefficient (Wildman–Crippen LogP) is 1.98. The van der Waals surface area contributed by atoms with Crippen LogP contribution in [0.5, 0.6) is 0 Å². The summed E-state index contributed by atoms with van der Waals surface area (Å²) >= 11 is 0. The van der Waals surface area contributed by atoms with Gasteiger partial charge in [-0.15, -0.1) is 0 Å². The van der Waals surface area contributed by atoms with E-state index in [9.17, 15) is 4.79 Å². The molecule has 1 amide bonds. The normalized spacial score (nSPS) is 20.3. The first kappa shape index (κ1) is 8.96. The lowest BCUT2D eigenvalue weighted by Crippen LogP contribution is -2.37. The van der Waals surface area contributed by atoms with Crippen molar-refractivity contribution in [3.05, 3.63) is 35.4 Å². The van der Waals surface area contributed by atoms with Gasteiger partial charge in [-0.25, -0.2) is 0 Å². The summed E-state index contributed by atoms with van der Waals surface area (Å²) in [5, 5.41) is 0. The second kappa shape index (κ2) is 3.37. The van der Waals surface area contributed by atoms with Gasteiger partial charge in [0, 0.05) is 13.1 Å². The van der Waals surface area contributed by atoms with E-state index in [-0.39, 0.29) is 0 Å². The molecule has 78 valence electrons. The van der Waals surface area contributed by atoms with Crippen molar-refractivity contribution in [2.75, 3.05) is 6.54 Å². The number of hydrogen-bond donors (Lipinski definition) is 0. The Morgan fingerprint density at radius 1 is 1.20 bits per heavy atom. The van der Waals surface area contributed by atoms with Crippen LogP contribution in [0.4, 0.5) is 0 Å². The SMILES string of the molecule is O=C1Cc2ccccc2CN1CC1CC1. The van der Waals surface area contributed by atoms with Crippen molar-refractivity contribution < 1.29 is 4.79 Å². The van der Waals surface area contributed by atoms with Gasteiger partial charge in [-0.05, 0) is 29.9 Å². The molecule has 1 saturated carbocycles. The number of amides is 1. The van der Waals surface area contributed by atoms with Crippen molar-refractivity contribution in [1.82, 2.24) is 4.90 Å². The van der Waals surface area contributed by atoms with E-state index in [0.29, 0.717) is 12.3 Å². The Hall–Kier alpha value is -1.31. The molecule has 0 radical (unpaired) electrons. The van der Waals surface area contributed by atoms with Gasteiger partial charge in [0.15, 0.2) is 0 Å². The Kier molecular flexibility index (Phi) is 2.01. The maximum absolute atomic E-state index is 11.8. The maximum atomic E-state index is 11.8. The summed E-state index contributed by atoms with van der Waals surface area (Å²) in [5.41, 5.74) is 2.55. The second-order valence-corrected chi connectivity index (χ2v) is 4.66. The average molecular weight is 201 g/mol. The number of rotatable bonds is 2. The van der Waals surface area contributed by atoms with Crippen molar-refractivity contribution in [3.8, 4) is 0 Å². The van der Waals surface area contributed by atoms with Crippen LogP contribution in [0.2, 0.25) is 0 Å². The molecule has 0 spiro atoms. The van der Waals surface area contributed by atoms with Crippen molar-refractivity contribution in [3.63, 3.8) is 0 Å². The van der Waals surface area contributed by atoms with Crippen LogP contribution in [-0.2, 0) is 17.8 Å². The summed E-state index contributed by atoms with van der Waals surface area (Å²) in [6, 6.07) is 8.29. The molecule has 1 aliphatic heterocycles. The van der Waals surface area contributed by atoms with Crippen LogP contribution in [0.15, 0.2) is 24.3 Å². The quantitative estimate of drug-likeness (QED) is 0.716. The molecule has 0 atom stereocenters. The number of hydrogen-bond acceptors (Lipinski definition) is 1. The zero-order valence-corrected chi connectivity index (χ0v) is 8.78. The van der Waals surface area contributed by atoms with Crippen molar-refractivity contribution >= 4 is 5.91 Å². The molecule has 0 unspecified atom stereocenters. The van der Waals surface area contributed by atoms with Gasteiger partial charge in [0.05, 0.1) is 6.42 Å². The first-order valence-electron chi connectivity index (χ1n) is 5.67. The third-order valence-electron chi connectivity index (χ3n) is 3.35. The zero-order chi connectivity index (χ0) is 10.3. The predicted molar refractivity (Wildman–Crippen MR) is 58.3 cm³/mol. The molecular formula is C13H15NO. The third-order valence-corrected chi connectivity index (χ3v) is 3.35. The molecule has 1 aliphatic carbocycles. The number of carbonyl (C=O) groups excluding carboxylic acids is 1. The minimum Gasteiger partial charge on any atom is -0.338 e. The molecule has 1 aromatic rings. The minimum atomic E-state index is 0.306. The molecule has 1 aromatic carbocycles. The summed E-state index contributed by atoms with van der Waals surface area (Å²) in [5.74, 6) is 1.10. The van der Waals surface area contributed by atoms with E-state index in [1.54, 1.807) is 0 Å². The first-order valence-corrected chi connectivity index (χ1v) is 5.67. The Bertz CT molecular complexity index is 395. The average Bonchev–Trinajstić information content (AvgIpc) is 3.03. The largest absolute Gasteiger partial charge is 0.338 e. The second-order valence-electron chi connectivity index (χ2n) is 4.66. The van der Waals surface area contributed by atoms with Crippen LogP contribution < -0.4 is 0 Å².